The zero-order valence-electron chi connectivity index (χ0n) is 13.6. The second-order valence-corrected chi connectivity index (χ2v) is 5.45. The number of H-pyrrole nitrogens is 1. The Morgan fingerprint density at radius 2 is 1.92 bits per heavy atom. The van der Waals surface area contributed by atoms with Gasteiger partial charge in [0.2, 0.25) is 11.8 Å². The predicted molar refractivity (Wildman–Crippen MR) is 84.3 cm³/mol. The third-order valence-corrected chi connectivity index (χ3v) is 3.35. The molecule has 0 aromatic carbocycles. The molecule has 0 spiro atoms. The number of carboxylic acid groups (broad SMARTS) is 2. The van der Waals surface area contributed by atoms with Gasteiger partial charge in [-0.15, -0.1) is 0 Å². The molecular formula is C14H21N5O6. The second kappa shape index (κ2) is 9.37. The smallest absolute Gasteiger partial charge is 0.325 e. The first-order valence-electron chi connectivity index (χ1n) is 7.49. The van der Waals surface area contributed by atoms with Crippen LogP contribution < -0.4 is 16.4 Å². The van der Waals surface area contributed by atoms with E-state index < -0.39 is 41.9 Å². The molecule has 1 aromatic heterocycles. The SMILES string of the molecule is CC(NC(=O)C(Cc1cnc[nH]1)NC(=O)C(N)CCC(=O)O)C(=O)O. The fourth-order valence-corrected chi connectivity index (χ4v) is 1.89. The predicted octanol–water partition coefficient (Wildman–Crippen LogP) is -1.78. The number of carboxylic acids is 2. The number of carbonyl (C=O) groups excluding carboxylic acids is 2. The fraction of sp³-hybridized carbons (Fsp3) is 0.500. The highest BCUT2D eigenvalue weighted by Crippen LogP contribution is 2.02. The van der Waals surface area contributed by atoms with Crippen LogP contribution in [0.15, 0.2) is 12.5 Å². The Bertz CT molecular complexity index is 617. The average Bonchev–Trinajstić information content (AvgIpc) is 3.04. The van der Waals surface area contributed by atoms with E-state index in [1.54, 1.807) is 0 Å². The topological polar surface area (TPSA) is 187 Å². The van der Waals surface area contributed by atoms with Gasteiger partial charge in [0.1, 0.15) is 12.1 Å². The number of imidazole rings is 1. The molecular weight excluding hydrogens is 334 g/mol. The van der Waals surface area contributed by atoms with Crippen LogP contribution in [0.4, 0.5) is 0 Å². The summed E-state index contributed by atoms with van der Waals surface area (Å²) >= 11 is 0. The summed E-state index contributed by atoms with van der Waals surface area (Å²) in [5.41, 5.74) is 6.16. The van der Waals surface area contributed by atoms with Gasteiger partial charge in [-0.2, -0.15) is 0 Å². The summed E-state index contributed by atoms with van der Waals surface area (Å²) in [7, 11) is 0. The first-order valence-corrected chi connectivity index (χ1v) is 7.49. The van der Waals surface area contributed by atoms with Gasteiger partial charge >= 0.3 is 11.9 Å². The summed E-state index contributed by atoms with van der Waals surface area (Å²) in [5.74, 6) is -3.73. The van der Waals surface area contributed by atoms with Crippen molar-refractivity contribution in [2.24, 2.45) is 5.73 Å². The van der Waals surface area contributed by atoms with Crippen molar-refractivity contribution in [1.82, 2.24) is 20.6 Å². The number of nitrogens with two attached hydrogens (primary N) is 1. The van der Waals surface area contributed by atoms with E-state index in [1.807, 2.05) is 0 Å². The molecule has 3 unspecified atom stereocenters. The molecule has 1 aromatic rings. The van der Waals surface area contributed by atoms with Gasteiger partial charge in [-0.25, -0.2) is 4.98 Å². The maximum atomic E-state index is 12.3. The van der Waals surface area contributed by atoms with Gasteiger partial charge in [0.05, 0.1) is 12.4 Å². The number of amides is 2. The number of hydrogen-bond acceptors (Lipinski definition) is 6. The Balaban J connectivity index is 2.76. The normalized spacial score (nSPS) is 14.2. The summed E-state index contributed by atoms with van der Waals surface area (Å²) in [4.78, 5) is 52.3. The third-order valence-electron chi connectivity index (χ3n) is 3.35. The zero-order valence-corrected chi connectivity index (χ0v) is 13.6. The molecule has 0 fully saturated rings. The van der Waals surface area contributed by atoms with Gasteiger partial charge in [-0.1, -0.05) is 0 Å². The number of nitrogens with one attached hydrogen (secondary N) is 3. The Kier molecular flexibility index (Phi) is 7.53. The summed E-state index contributed by atoms with van der Waals surface area (Å²) in [6.45, 7) is 1.29. The molecule has 0 saturated heterocycles. The minimum atomic E-state index is -1.22. The van der Waals surface area contributed by atoms with Crippen molar-refractivity contribution in [2.75, 3.05) is 0 Å². The molecule has 1 rings (SSSR count). The Labute approximate surface area is 143 Å². The number of aromatic amines is 1. The Morgan fingerprint density at radius 1 is 1.24 bits per heavy atom. The minimum absolute atomic E-state index is 0.0373. The minimum Gasteiger partial charge on any atom is -0.481 e. The van der Waals surface area contributed by atoms with Crippen molar-refractivity contribution < 1.29 is 29.4 Å². The molecule has 2 amide bonds. The first kappa shape index (κ1) is 20.1. The lowest BCUT2D eigenvalue weighted by Crippen LogP contribution is -2.54. The highest BCUT2D eigenvalue weighted by atomic mass is 16.4. The van der Waals surface area contributed by atoms with Crippen molar-refractivity contribution >= 4 is 23.8 Å². The van der Waals surface area contributed by atoms with E-state index in [0.29, 0.717) is 5.69 Å². The van der Waals surface area contributed by atoms with Crippen LogP contribution in [0.1, 0.15) is 25.5 Å². The molecule has 3 atom stereocenters. The van der Waals surface area contributed by atoms with Gasteiger partial charge in [0.25, 0.3) is 0 Å². The van der Waals surface area contributed by atoms with Crippen molar-refractivity contribution in [1.29, 1.82) is 0 Å². The third kappa shape index (κ3) is 6.99. The Morgan fingerprint density at radius 3 is 2.44 bits per heavy atom. The number of aromatic nitrogens is 2. The maximum absolute atomic E-state index is 12.3. The van der Waals surface area contributed by atoms with E-state index in [0.717, 1.165) is 0 Å². The Hall–Kier alpha value is -2.95. The molecule has 0 saturated carbocycles. The van der Waals surface area contributed by atoms with Gasteiger partial charge in [0, 0.05) is 24.7 Å². The lowest BCUT2D eigenvalue weighted by molar-refractivity contribution is -0.141. The fourth-order valence-electron chi connectivity index (χ4n) is 1.89. The van der Waals surface area contributed by atoms with Crippen molar-refractivity contribution in [2.45, 2.75) is 44.3 Å². The number of aliphatic carboxylic acids is 2. The van der Waals surface area contributed by atoms with E-state index in [4.69, 9.17) is 15.9 Å². The number of hydrogen-bond donors (Lipinski definition) is 6. The molecule has 7 N–H and O–H groups in total. The van der Waals surface area contributed by atoms with Crippen molar-refractivity contribution in [3.63, 3.8) is 0 Å². The van der Waals surface area contributed by atoms with Crippen molar-refractivity contribution in [3.05, 3.63) is 18.2 Å². The standard InChI is InChI=1S/C14H21N5O6/c1-7(14(24)25)18-13(23)10(4-8-5-16-6-17-8)19-12(22)9(15)2-3-11(20)21/h5-7,9-10H,2-4,15H2,1H3,(H,16,17)(H,18,23)(H,19,22)(H,20,21)(H,24,25). The summed E-state index contributed by atoms with van der Waals surface area (Å²) in [6.07, 6.45) is 2.50. The van der Waals surface area contributed by atoms with Crippen LogP contribution in [0.5, 0.6) is 0 Å². The molecule has 0 aliphatic carbocycles. The van der Waals surface area contributed by atoms with Crippen LogP contribution in [-0.2, 0) is 25.6 Å². The number of rotatable bonds is 10. The molecule has 11 nitrogen and oxygen atoms in total. The summed E-state index contributed by atoms with van der Waals surface area (Å²) in [5, 5.41) is 22.2. The lowest BCUT2D eigenvalue weighted by atomic mass is 10.1. The number of nitrogens with zero attached hydrogens (tertiary/aromatic N) is 1. The van der Waals surface area contributed by atoms with Crippen LogP contribution in [0, 0.1) is 0 Å². The highest BCUT2D eigenvalue weighted by Gasteiger charge is 2.27. The van der Waals surface area contributed by atoms with E-state index in [1.165, 1.54) is 19.4 Å². The first-order chi connectivity index (χ1) is 11.7. The van der Waals surface area contributed by atoms with E-state index in [-0.39, 0.29) is 19.3 Å². The maximum Gasteiger partial charge on any atom is 0.325 e. The van der Waals surface area contributed by atoms with Gasteiger partial charge in [0.15, 0.2) is 0 Å². The van der Waals surface area contributed by atoms with E-state index in [9.17, 15) is 19.2 Å². The molecule has 1 heterocycles. The lowest BCUT2D eigenvalue weighted by Gasteiger charge is -2.21. The van der Waals surface area contributed by atoms with Crippen LogP contribution in [0.2, 0.25) is 0 Å². The van der Waals surface area contributed by atoms with Crippen molar-refractivity contribution in [3.8, 4) is 0 Å². The quantitative estimate of drug-likeness (QED) is 0.284. The number of carbonyl (C=O) groups is 4. The highest BCUT2D eigenvalue weighted by molar-refractivity contribution is 5.91. The van der Waals surface area contributed by atoms with Crippen LogP contribution in [0.25, 0.3) is 0 Å². The molecule has 25 heavy (non-hydrogen) atoms. The molecule has 0 bridgehead atoms. The average molecular weight is 355 g/mol. The van der Waals surface area contributed by atoms with Gasteiger partial charge < -0.3 is 31.6 Å². The largest absolute Gasteiger partial charge is 0.481 e. The van der Waals surface area contributed by atoms with E-state index in [2.05, 4.69) is 20.6 Å². The molecule has 0 aliphatic heterocycles. The van der Waals surface area contributed by atoms with Gasteiger partial charge in [-0.3, -0.25) is 19.2 Å². The summed E-state index contributed by atoms with van der Waals surface area (Å²) in [6, 6.07) is -3.34. The molecule has 138 valence electrons. The summed E-state index contributed by atoms with van der Waals surface area (Å²) < 4.78 is 0. The van der Waals surface area contributed by atoms with Crippen LogP contribution in [0.3, 0.4) is 0 Å². The van der Waals surface area contributed by atoms with Gasteiger partial charge in [-0.05, 0) is 13.3 Å². The second-order valence-electron chi connectivity index (χ2n) is 5.45. The zero-order chi connectivity index (χ0) is 19.0. The van der Waals surface area contributed by atoms with E-state index >= 15 is 0 Å². The van der Waals surface area contributed by atoms with Crippen LogP contribution in [-0.4, -0.2) is 62.1 Å². The molecule has 0 radical (unpaired) electrons. The molecule has 11 heteroatoms. The molecule has 0 aliphatic rings. The monoisotopic (exact) mass is 355 g/mol. The van der Waals surface area contributed by atoms with Crippen LogP contribution >= 0.6 is 0 Å².